The molecule has 0 amide bonds. The van der Waals surface area contributed by atoms with Crippen molar-refractivity contribution in [2.75, 3.05) is 7.11 Å². The van der Waals surface area contributed by atoms with E-state index < -0.39 is 0 Å². The zero-order valence-corrected chi connectivity index (χ0v) is 8.08. The fourth-order valence-corrected chi connectivity index (χ4v) is 3.05. The molecule has 0 bridgehead atoms. The molecule has 0 aromatic heterocycles. The minimum absolute atomic E-state index is 0.0522. The summed E-state index contributed by atoms with van der Waals surface area (Å²) >= 11 is 0. The van der Waals surface area contributed by atoms with E-state index in [1.54, 1.807) is 0 Å². The standard InChI is InChI=1S/C10H17NO2/c1-13-9(12)7-6-8(11)10(7)4-2-3-5-10/h7-8H,2-6,11H2,1H3. The molecule has 0 saturated heterocycles. The average molecular weight is 183 g/mol. The second-order valence-electron chi connectivity index (χ2n) is 4.36. The van der Waals surface area contributed by atoms with Crippen LogP contribution in [-0.2, 0) is 9.53 Å². The summed E-state index contributed by atoms with van der Waals surface area (Å²) in [5.74, 6) is 0.0404. The van der Waals surface area contributed by atoms with Crippen LogP contribution >= 0.6 is 0 Å². The molecule has 0 aliphatic heterocycles. The van der Waals surface area contributed by atoms with Crippen LogP contribution in [0.25, 0.3) is 0 Å². The van der Waals surface area contributed by atoms with Crippen molar-refractivity contribution in [3.63, 3.8) is 0 Å². The van der Waals surface area contributed by atoms with Gasteiger partial charge in [0.1, 0.15) is 0 Å². The maximum atomic E-state index is 11.4. The largest absolute Gasteiger partial charge is 0.469 e. The van der Waals surface area contributed by atoms with Gasteiger partial charge in [-0.1, -0.05) is 12.8 Å². The topological polar surface area (TPSA) is 52.3 Å². The zero-order chi connectivity index (χ0) is 9.47. The van der Waals surface area contributed by atoms with E-state index in [1.165, 1.54) is 20.0 Å². The molecule has 0 heterocycles. The van der Waals surface area contributed by atoms with Gasteiger partial charge in [-0.15, -0.1) is 0 Å². The lowest BCUT2D eigenvalue weighted by molar-refractivity contribution is -0.160. The van der Waals surface area contributed by atoms with Crippen LogP contribution in [0, 0.1) is 11.3 Å². The quantitative estimate of drug-likeness (QED) is 0.618. The molecule has 2 unspecified atom stereocenters. The number of hydrogen-bond acceptors (Lipinski definition) is 3. The monoisotopic (exact) mass is 183 g/mol. The van der Waals surface area contributed by atoms with Gasteiger partial charge in [0.2, 0.25) is 0 Å². The molecule has 2 aliphatic rings. The van der Waals surface area contributed by atoms with E-state index in [4.69, 9.17) is 10.5 Å². The van der Waals surface area contributed by atoms with E-state index >= 15 is 0 Å². The highest BCUT2D eigenvalue weighted by Gasteiger charge is 2.57. The molecule has 2 N–H and O–H groups in total. The molecule has 2 saturated carbocycles. The number of methoxy groups -OCH3 is 1. The van der Waals surface area contributed by atoms with Gasteiger partial charge in [0.25, 0.3) is 0 Å². The van der Waals surface area contributed by atoms with Crippen LogP contribution < -0.4 is 5.73 Å². The third-order valence-corrected chi connectivity index (χ3v) is 3.94. The third-order valence-electron chi connectivity index (χ3n) is 3.94. The van der Waals surface area contributed by atoms with Crippen molar-refractivity contribution < 1.29 is 9.53 Å². The zero-order valence-electron chi connectivity index (χ0n) is 8.08. The van der Waals surface area contributed by atoms with Gasteiger partial charge in [-0.05, 0) is 24.7 Å². The number of rotatable bonds is 1. The minimum atomic E-state index is -0.0522. The fraction of sp³-hybridized carbons (Fsp3) is 0.900. The van der Waals surface area contributed by atoms with Gasteiger partial charge in [0.05, 0.1) is 13.0 Å². The summed E-state index contributed by atoms with van der Waals surface area (Å²) in [4.78, 5) is 11.4. The summed E-state index contributed by atoms with van der Waals surface area (Å²) in [6.07, 6.45) is 5.51. The molecule has 2 atom stereocenters. The number of carbonyl (C=O) groups excluding carboxylic acids is 1. The highest BCUT2D eigenvalue weighted by atomic mass is 16.5. The Bertz CT molecular complexity index is 221. The van der Waals surface area contributed by atoms with Crippen molar-refractivity contribution in [3.8, 4) is 0 Å². The third kappa shape index (κ3) is 1.10. The fourth-order valence-electron chi connectivity index (χ4n) is 3.05. The average Bonchev–Trinajstić information content (AvgIpc) is 2.64. The minimum Gasteiger partial charge on any atom is -0.469 e. The van der Waals surface area contributed by atoms with Crippen LogP contribution in [0.3, 0.4) is 0 Å². The number of esters is 1. The Labute approximate surface area is 78.6 Å². The Balaban J connectivity index is 2.11. The second-order valence-corrected chi connectivity index (χ2v) is 4.36. The number of nitrogens with two attached hydrogens (primary N) is 1. The van der Waals surface area contributed by atoms with Gasteiger partial charge in [-0.3, -0.25) is 4.79 Å². The maximum absolute atomic E-state index is 11.4. The molecular formula is C10H17NO2. The van der Waals surface area contributed by atoms with Crippen molar-refractivity contribution in [2.24, 2.45) is 17.1 Å². The van der Waals surface area contributed by atoms with E-state index in [-0.39, 0.29) is 23.3 Å². The van der Waals surface area contributed by atoms with Crippen LogP contribution in [0.4, 0.5) is 0 Å². The van der Waals surface area contributed by atoms with Crippen molar-refractivity contribution in [1.82, 2.24) is 0 Å². The first-order chi connectivity index (χ1) is 6.20. The molecule has 2 rings (SSSR count). The summed E-state index contributed by atoms with van der Waals surface area (Å²) in [6.45, 7) is 0. The molecule has 13 heavy (non-hydrogen) atoms. The molecular weight excluding hydrogens is 166 g/mol. The van der Waals surface area contributed by atoms with Gasteiger partial charge in [-0.25, -0.2) is 0 Å². The van der Waals surface area contributed by atoms with Crippen molar-refractivity contribution in [1.29, 1.82) is 0 Å². The lowest BCUT2D eigenvalue weighted by Crippen LogP contribution is -2.59. The summed E-state index contributed by atoms with van der Waals surface area (Å²) < 4.78 is 4.79. The molecule has 0 aromatic rings. The lowest BCUT2D eigenvalue weighted by Gasteiger charge is -2.51. The van der Waals surface area contributed by atoms with Crippen molar-refractivity contribution in [2.45, 2.75) is 38.1 Å². The predicted molar refractivity (Wildman–Crippen MR) is 49.0 cm³/mol. The number of ether oxygens (including phenoxy) is 1. The van der Waals surface area contributed by atoms with E-state index in [0.29, 0.717) is 0 Å². The van der Waals surface area contributed by atoms with Crippen LogP contribution in [0.1, 0.15) is 32.1 Å². The first-order valence-electron chi connectivity index (χ1n) is 5.04. The van der Waals surface area contributed by atoms with Gasteiger partial charge in [-0.2, -0.15) is 0 Å². The summed E-state index contributed by atoms with van der Waals surface area (Å²) in [5.41, 5.74) is 6.11. The SMILES string of the molecule is COC(=O)C1CC(N)C12CCCC2. The van der Waals surface area contributed by atoms with Gasteiger partial charge in [0, 0.05) is 6.04 Å². The summed E-state index contributed by atoms with van der Waals surface area (Å²) in [6, 6.07) is 0.235. The van der Waals surface area contributed by atoms with Gasteiger partial charge < -0.3 is 10.5 Å². The Morgan fingerprint density at radius 2 is 2.08 bits per heavy atom. The van der Waals surface area contributed by atoms with Crippen LogP contribution in [0.15, 0.2) is 0 Å². The summed E-state index contributed by atoms with van der Waals surface area (Å²) in [7, 11) is 1.47. The van der Waals surface area contributed by atoms with Gasteiger partial charge >= 0.3 is 5.97 Å². The molecule has 0 radical (unpaired) electrons. The molecule has 2 aliphatic carbocycles. The van der Waals surface area contributed by atoms with Crippen LogP contribution in [0.2, 0.25) is 0 Å². The smallest absolute Gasteiger partial charge is 0.309 e. The van der Waals surface area contributed by atoms with Crippen LogP contribution in [-0.4, -0.2) is 19.1 Å². The van der Waals surface area contributed by atoms with E-state index in [1.807, 2.05) is 0 Å². The highest BCUT2D eigenvalue weighted by molar-refractivity contribution is 5.75. The normalized spacial score (nSPS) is 35.8. The Kier molecular flexibility index (Phi) is 2.06. The number of carbonyl (C=O) groups is 1. The number of hydrogen-bond donors (Lipinski definition) is 1. The molecule has 2 fully saturated rings. The maximum Gasteiger partial charge on any atom is 0.309 e. The van der Waals surface area contributed by atoms with Gasteiger partial charge in [0.15, 0.2) is 0 Å². The second kappa shape index (κ2) is 2.98. The van der Waals surface area contributed by atoms with E-state index in [9.17, 15) is 4.79 Å². The molecule has 74 valence electrons. The van der Waals surface area contributed by atoms with Crippen molar-refractivity contribution in [3.05, 3.63) is 0 Å². The first-order valence-corrected chi connectivity index (χ1v) is 5.04. The lowest BCUT2D eigenvalue weighted by atomic mass is 9.55. The predicted octanol–water partition coefficient (Wildman–Crippen LogP) is 1.07. The van der Waals surface area contributed by atoms with Crippen LogP contribution in [0.5, 0.6) is 0 Å². The molecule has 1 spiro atoms. The first kappa shape index (κ1) is 9.00. The Hall–Kier alpha value is -0.570. The Morgan fingerprint density at radius 1 is 1.46 bits per heavy atom. The molecule has 3 heteroatoms. The molecule has 0 aromatic carbocycles. The highest BCUT2D eigenvalue weighted by Crippen LogP contribution is 2.56. The molecule has 3 nitrogen and oxygen atoms in total. The summed E-state index contributed by atoms with van der Waals surface area (Å²) in [5, 5.41) is 0. The Morgan fingerprint density at radius 3 is 2.54 bits per heavy atom. The van der Waals surface area contributed by atoms with E-state index in [2.05, 4.69) is 0 Å². The van der Waals surface area contributed by atoms with E-state index in [0.717, 1.165) is 19.3 Å². The van der Waals surface area contributed by atoms with Crippen molar-refractivity contribution >= 4 is 5.97 Å².